The Hall–Kier alpha value is -1.82. The molecular formula is C17H21FN2O2S. The molecule has 6 heteroatoms. The minimum absolute atomic E-state index is 0.348. The summed E-state index contributed by atoms with van der Waals surface area (Å²) in [6.45, 7) is 4.03. The molecule has 0 atom stereocenters. The highest BCUT2D eigenvalue weighted by molar-refractivity contribution is 7.11. The van der Waals surface area contributed by atoms with E-state index < -0.39 is 0 Å². The fourth-order valence-corrected chi connectivity index (χ4v) is 3.28. The van der Waals surface area contributed by atoms with Crippen LogP contribution in [-0.2, 0) is 17.6 Å². The minimum Gasteiger partial charge on any atom is -0.461 e. The zero-order valence-electron chi connectivity index (χ0n) is 13.5. The van der Waals surface area contributed by atoms with Crippen molar-refractivity contribution in [3.8, 4) is 0 Å². The second-order valence-corrected chi connectivity index (χ2v) is 6.53. The molecule has 4 nitrogen and oxygen atoms in total. The molecule has 2 aromatic heterocycles. The van der Waals surface area contributed by atoms with Crippen molar-refractivity contribution in [2.75, 3.05) is 6.61 Å². The van der Waals surface area contributed by atoms with Gasteiger partial charge in [-0.2, -0.15) is 4.39 Å². The smallest absolute Gasteiger partial charge is 0.358 e. The number of aryl methyl sites for hydroxylation is 3. The quantitative estimate of drug-likeness (QED) is 0.413. The van der Waals surface area contributed by atoms with Gasteiger partial charge in [-0.15, -0.1) is 11.3 Å². The number of halogens is 1. The molecule has 124 valence electrons. The van der Waals surface area contributed by atoms with Crippen molar-refractivity contribution in [2.45, 2.75) is 46.0 Å². The van der Waals surface area contributed by atoms with Gasteiger partial charge in [-0.1, -0.05) is 12.5 Å². The van der Waals surface area contributed by atoms with Gasteiger partial charge in [-0.05, 0) is 45.6 Å². The van der Waals surface area contributed by atoms with E-state index in [4.69, 9.17) is 4.74 Å². The first-order valence-electron chi connectivity index (χ1n) is 7.84. The third-order valence-electron chi connectivity index (χ3n) is 3.48. The lowest BCUT2D eigenvalue weighted by molar-refractivity contribution is 0.0519. The number of carbonyl (C=O) groups is 1. The molecule has 0 saturated heterocycles. The van der Waals surface area contributed by atoms with Gasteiger partial charge in [0, 0.05) is 16.6 Å². The number of carbonyl (C=O) groups excluding carboxylic acids is 1. The number of rotatable bonds is 8. The lowest BCUT2D eigenvalue weighted by atomic mass is 10.1. The molecule has 0 saturated carbocycles. The molecule has 0 N–H and O–H groups in total. The number of esters is 1. The number of pyridine rings is 1. The second-order valence-electron chi connectivity index (χ2n) is 5.25. The Morgan fingerprint density at radius 1 is 1.30 bits per heavy atom. The highest BCUT2D eigenvalue weighted by Gasteiger charge is 2.16. The summed E-state index contributed by atoms with van der Waals surface area (Å²) < 4.78 is 18.4. The Kier molecular flexibility index (Phi) is 6.65. The Morgan fingerprint density at radius 2 is 2.09 bits per heavy atom. The third kappa shape index (κ3) is 5.10. The fourth-order valence-electron chi connectivity index (χ4n) is 2.32. The lowest BCUT2D eigenvalue weighted by Gasteiger charge is -2.02. The van der Waals surface area contributed by atoms with E-state index in [9.17, 15) is 9.18 Å². The normalized spacial score (nSPS) is 10.7. The molecule has 0 radical (unpaired) electrons. The third-order valence-corrected chi connectivity index (χ3v) is 4.51. The second kappa shape index (κ2) is 8.72. The molecule has 0 aliphatic rings. The highest BCUT2D eigenvalue weighted by Crippen LogP contribution is 2.20. The maximum Gasteiger partial charge on any atom is 0.358 e. The van der Waals surface area contributed by atoms with E-state index in [1.165, 1.54) is 6.20 Å². The summed E-state index contributed by atoms with van der Waals surface area (Å²) in [5.74, 6) is -0.721. The molecular weight excluding hydrogens is 315 g/mol. The number of nitrogens with zero attached hydrogens (tertiary/aromatic N) is 2. The van der Waals surface area contributed by atoms with Crippen LogP contribution in [0.4, 0.5) is 4.39 Å². The summed E-state index contributed by atoms with van der Waals surface area (Å²) >= 11 is 1.54. The first-order chi connectivity index (χ1) is 11.1. The van der Waals surface area contributed by atoms with E-state index in [0.29, 0.717) is 24.3 Å². The monoisotopic (exact) mass is 336 g/mol. The number of unbranched alkanes of at least 4 members (excludes halogenated alkanes) is 2. The fraction of sp³-hybridized carbons (Fsp3) is 0.471. The Bertz CT molecular complexity index is 658. The molecule has 0 aliphatic heterocycles. The number of hydrogen-bond donors (Lipinski definition) is 0. The van der Waals surface area contributed by atoms with Gasteiger partial charge in [-0.3, -0.25) is 0 Å². The molecule has 0 aliphatic carbocycles. The summed E-state index contributed by atoms with van der Waals surface area (Å²) in [5.41, 5.74) is 1.10. The van der Waals surface area contributed by atoms with E-state index in [1.807, 2.05) is 6.92 Å². The predicted molar refractivity (Wildman–Crippen MR) is 88.3 cm³/mol. The summed E-state index contributed by atoms with van der Waals surface area (Å²) in [7, 11) is 0. The average Bonchev–Trinajstić information content (AvgIpc) is 2.90. The van der Waals surface area contributed by atoms with Crippen molar-refractivity contribution < 1.29 is 13.9 Å². The molecule has 0 fully saturated rings. The van der Waals surface area contributed by atoms with Crippen molar-refractivity contribution in [1.29, 1.82) is 0 Å². The van der Waals surface area contributed by atoms with Crippen LogP contribution in [0, 0.1) is 12.9 Å². The van der Waals surface area contributed by atoms with Gasteiger partial charge in [0.15, 0.2) is 5.69 Å². The van der Waals surface area contributed by atoms with Crippen LogP contribution in [0.3, 0.4) is 0 Å². The van der Waals surface area contributed by atoms with Crippen LogP contribution in [0.5, 0.6) is 0 Å². The van der Waals surface area contributed by atoms with Crippen molar-refractivity contribution in [2.24, 2.45) is 0 Å². The summed E-state index contributed by atoms with van der Waals surface area (Å²) in [6.07, 6.45) is 5.87. The first kappa shape index (κ1) is 17.5. The number of aromatic nitrogens is 2. The predicted octanol–water partition coefficient (Wildman–Crippen LogP) is 4.12. The summed E-state index contributed by atoms with van der Waals surface area (Å²) in [4.78, 5) is 20.6. The van der Waals surface area contributed by atoms with E-state index in [0.717, 1.165) is 35.6 Å². The van der Waals surface area contributed by atoms with Gasteiger partial charge < -0.3 is 4.74 Å². The van der Waals surface area contributed by atoms with Crippen LogP contribution >= 0.6 is 11.3 Å². The van der Waals surface area contributed by atoms with Crippen LogP contribution in [0.1, 0.15) is 52.1 Å². The van der Waals surface area contributed by atoms with E-state index in [1.54, 1.807) is 30.4 Å². The zero-order valence-corrected chi connectivity index (χ0v) is 14.3. The molecule has 0 amide bonds. The molecule has 2 aromatic rings. The highest BCUT2D eigenvalue weighted by atomic mass is 32.1. The average molecular weight is 336 g/mol. The van der Waals surface area contributed by atoms with Crippen LogP contribution in [-0.4, -0.2) is 22.5 Å². The molecule has 0 aromatic carbocycles. The van der Waals surface area contributed by atoms with Crippen LogP contribution in [0.15, 0.2) is 18.3 Å². The van der Waals surface area contributed by atoms with Crippen molar-refractivity contribution in [3.05, 3.63) is 45.4 Å². The van der Waals surface area contributed by atoms with Gasteiger partial charge in [0.2, 0.25) is 5.95 Å². The Labute approximate surface area is 139 Å². The lowest BCUT2D eigenvalue weighted by Crippen LogP contribution is -2.06. The topological polar surface area (TPSA) is 52.1 Å². The number of thiazole rings is 1. The van der Waals surface area contributed by atoms with Gasteiger partial charge in [0.1, 0.15) is 0 Å². The van der Waals surface area contributed by atoms with E-state index >= 15 is 0 Å². The molecule has 2 rings (SSSR count). The molecule has 23 heavy (non-hydrogen) atoms. The van der Waals surface area contributed by atoms with Crippen molar-refractivity contribution >= 4 is 17.3 Å². The number of hydrogen-bond acceptors (Lipinski definition) is 5. The SMILES string of the molecule is CCOC(=O)c1nc(CCCCCc2cccnc2F)sc1C. The molecule has 2 heterocycles. The molecule has 0 spiro atoms. The summed E-state index contributed by atoms with van der Waals surface area (Å²) in [6, 6.07) is 3.53. The van der Waals surface area contributed by atoms with Crippen LogP contribution < -0.4 is 0 Å². The minimum atomic E-state index is -0.373. The number of ether oxygens (including phenoxy) is 1. The van der Waals surface area contributed by atoms with E-state index in [-0.39, 0.29) is 11.9 Å². The zero-order chi connectivity index (χ0) is 16.7. The Morgan fingerprint density at radius 3 is 2.83 bits per heavy atom. The van der Waals surface area contributed by atoms with Gasteiger partial charge >= 0.3 is 5.97 Å². The van der Waals surface area contributed by atoms with Gasteiger partial charge in [0.05, 0.1) is 11.6 Å². The van der Waals surface area contributed by atoms with Crippen LogP contribution in [0.25, 0.3) is 0 Å². The molecule has 0 unspecified atom stereocenters. The van der Waals surface area contributed by atoms with Crippen LogP contribution in [0.2, 0.25) is 0 Å². The standard InChI is InChI=1S/C17H21FN2O2S/c1-3-22-17(21)15-12(2)23-14(20-15)10-6-4-5-8-13-9-7-11-19-16(13)18/h7,9,11H,3-6,8,10H2,1-2H3. The van der Waals surface area contributed by atoms with Crippen molar-refractivity contribution in [1.82, 2.24) is 9.97 Å². The summed E-state index contributed by atoms with van der Waals surface area (Å²) in [5, 5.41) is 0.957. The van der Waals surface area contributed by atoms with E-state index in [2.05, 4.69) is 9.97 Å². The van der Waals surface area contributed by atoms with Crippen molar-refractivity contribution in [3.63, 3.8) is 0 Å². The molecule has 0 bridgehead atoms. The maximum absolute atomic E-state index is 13.4. The van der Waals surface area contributed by atoms with Gasteiger partial charge in [-0.25, -0.2) is 14.8 Å². The Balaban J connectivity index is 1.75. The maximum atomic E-state index is 13.4. The van der Waals surface area contributed by atoms with Gasteiger partial charge in [0.25, 0.3) is 0 Å². The largest absolute Gasteiger partial charge is 0.461 e. The first-order valence-corrected chi connectivity index (χ1v) is 8.66.